The molecule has 0 unspecified atom stereocenters. The molecule has 3 rings (SSSR count). The van der Waals surface area contributed by atoms with Gasteiger partial charge in [0.1, 0.15) is 11.6 Å². The van der Waals surface area contributed by atoms with Crippen LogP contribution in [0.4, 0.5) is 14.5 Å². The number of nitrogens with zero attached hydrogens (tertiary/aromatic N) is 2. The molecule has 0 radical (unpaired) electrons. The lowest BCUT2D eigenvalue weighted by Crippen LogP contribution is -2.34. The monoisotopic (exact) mass is 307 g/mol. The van der Waals surface area contributed by atoms with E-state index in [0.717, 1.165) is 6.42 Å². The number of halogens is 2. The summed E-state index contributed by atoms with van der Waals surface area (Å²) in [6.07, 6.45) is 2.44. The molecule has 0 bridgehead atoms. The van der Waals surface area contributed by atoms with Gasteiger partial charge in [-0.15, -0.1) is 0 Å². The van der Waals surface area contributed by atoms with Gasteiger partial charge in [0.25, 0.3) is 0 Å². The number of rotatable bonds is 3. The number of anilines is 1. The van der Waals surface area contributed by atoms with Crippen LogP contribution in [0.25, 0.3) is 0 Å². The van der Waals surface area contributed by atoms with Crippen molar-refractivity contribution in [3.63, 3.8) is 0 Å². The maximum absolute atomic E-state index is 14.3. The summed E-state index contributed by atoms with van der Waals surface area (Å²) in [7, 11) is 0. The summed E-state index contributed by atoms with van der Waals surface area (Å²) in [5.41, 5.74) is 1.13. The van der Waals surface area contributed by atoms with E-state index in [1.807, 2.05) is 0 Å². The van der Waals surface area contributed by atoms with Crippen LogP contribution in [-0.4, -0.2) is 36.2 Å². The number of benzene rings is 1. The third-order valence-electron chi connectivity index (χ3n) is 4.36. The Morgan fingerprint density at radius 1 is 1.05 bits per heavy atom. The zero-order valence-electron chi connectivity index (χ0n) is 12.4. The molecular weight excluding hydrogens is 288 g/mol. The van der Waals surface area contributed by atoms with Crippen molar-refractivity contribution in [2.75, 3.05) is 24.5 Å². The van der Waals surface area contributed by atoms with Gasteiger partial charge in [0.15, 0.2) is 0 Å². The molecule has 1 amide bonds. The molecule has 0 saturated carbocycles. The quantitative estimate of drug-likeness (QED) is 0.933. The number of carbonyl (C=O) groups excluding carboxylic acids is 1. The highest BCUT2D eigenvalue weighted by atomic mass is 19.1. The van der Waals surface area contributed by atoms with Gasteiger partial charge in [0.2, 0.25) is 5.91 Å². The molecule has 0 spiro atoms. The highest BCUT2D eigenvalue weighted by Gasteiger charge is 2.23. The second-order valence-corrected chi connectivity index (χ2v) is 5.90. The van der Waals surface area contributed by atoms with Gasteiger partial charge in [0.05, 0.1) is 5.69 Å². The van der Waals surface area contributed by atoms with E-state index in [-0.39, 0.29) is 23.7 Å². The van der Waals surface area contributed by atoms with E-state index in [4.69, 9.17) is 5.41 Å². The Morgan fingerprint density at radius 2 is 1.77 bits per heavy atom. The van der Waals surface area contributed by atoms with Crippen LogP contribution in [0.3, 0.4) is 0 Å². The maximum atomic E-state index is 14.3. The molecule has 1 aromatic carbocycles. The van der Waals surface area contributed by atoms with Crippen LogP contribution in [-0.2, 0) is 11.3 Å². The molecule has 2 aliphatic rings. The van der Waals surface area contributed by atoms with Crippen molar-refractivity contribution < 1.29 is 13.6 Å². The zero-order valence-corrected chi connectivity index (χ0v) is 12.4. The third-order valence-corrected chi connectivity index (χ3v) is 4.36. The average molecular weight is 307 g/mol. The predicted octanol–water partition coefficient (Wildman–Crippen LogP) is 2.71. The van der Waals surface area contributed by atoms with Crippen LogP contribution < -0.4 is 4.90 Å². The number of likely N-dealkylation sites (tertiary alicyclic amines) is 1. The van der Waals surface area contributed by atoms with E-state index in [1.54, 1.807) is 9.80 Å². The molecule has 0 aliphatic carbocycles. The number of hydrogen-bond donors (Lipinski definition) is 1. The number of piperidine rings is 1. The van der Waals surface area contributed by atoms with Gasteiger partial charge in [-0.05, 0) is 12.5 Å². The molecule has 2 saturated heterocycles. The summed E-state index contributed by atoms with van der Waals surface area (Å²) in [4.78, 5) is 14.9. The Bertz CT molecular complexity index is 608. The predicted molar refractivity (Wildman–Crippen MR) is 80.2 cm³/mol. The average Bonchev–Trinajstić information content (AvgIpc) is 2.89. The third kappa shape index (κ3) is 2.96. The minimum absolute atomic E-state index is 0.00146. The molecule has 2 aliphatic heterocycles. The van der Waals surface area contributed by atoms with Gasteiger partial charge in [0, 0.05) is 62.8 Å². The van der Waals surface area contributed by atoms with Crippen molar-refractivity contribution in [1.29, 1.82) is 5.41 Å². The van der Waals surface area contributed by atoms with Crippen LogP contribution in [0, 0.1) is 17.0 Å². The highest BCUT2D eigenvalue weighted by Crippen LogP contribution is 2.27. The second-order valence-electron chi connectivity index (χ2n) is 5.90. The van der Waals surface area contributed by atoms with Crippen molar-refractivity contribution in [3.8, 4) is 0 Å². The summed E-state index contributed by atoms with van der Waals surface area (Å²) < 4.78 is 28.6. The largest absolute Gasteiger partial charge is 0.368 e. The van der Waals surface area contributed by atoms with E-state index in [2.05, 4.69) is 0 Å². The lowest BCUT2D eigenvalue weighted by Gasteiger charge is -2.30. The van der Waals surface area contributed by atoms with Crippen LogP contribution >= 0.6 is 0 Å². The molecule has 0 aromatic heterocycles. The highest BCUT2D eigenvalue weighted by molar-refractivity contribution is 5.83. The Balaban J connectivity index is 1.78. The van der Waals surface area contributed by atoms with Gasteiger partial charge in [-0.2, -0.15) is 0 Å². The fraction of sp³-hybridized carbons (Fsp3) is 0.500. The van der Waals surface area contributed by atoms with E-state index in [0.29, 0.717) is 44.6 Å². The van der Waals surface area contributed by atoms with E-state index in [1.165, 1.54) is 12.1 Å². The molecular formula is C16H19F2N3O. The number of nitrogens with one attached hydrogen (secondary N) is 1. The zero-order chi connectivity index (χ0) is 15.7. The molecule has 1 aromatic rings. The fourth-order valence-corrected chi connectivity index (χ4v) is 3.04. The van der Waals surface area contributed by atoms with Crippen molar-refractivity contribution in [2.45, 2.75) is 32.2 Å². The maximum Gasteiger partial charge on any atom is 0.222 e. The number of hydrogen-bond acceptors (Lipinski definition) is 3. The molecule has 6 heteroatoms. The minimum atomic E-state index is -0.475. The van der Waals surface area contributed by atoms with E-state index >= 15 is 0 Å². The SMILES string of the molecule is N=C1CCN(c2cc(F)c(CN3CCCC3=O)cc2F)CC1. The lowest BCUT2D eigenvalue weighted by molar-refractivity contribution is -0.128. The molecule has 22 heavy (non-hydrogen) atoms. The Kier molecular flexibility index (Phi) is 4.09. The van der Waals surface area contributed by atoms with Crippen LogP contribution in [0.2, 0.25) is 0 Å². The summed E-state index contributed by atoms with van der Waals surface area (Å²) >= 11 is 0. The van der Waals surface area contributed by atoms with Crippen molar-refractivity contribution in [2.24, 2.45) is 0 Å². The molecule has 1 N–H and O–H groups in total. The van der Waals surface area contributed by atoms with Crippen molar-refractivity contribution in [1.82, 2.24) is 4.90 Å². The molecule has 2 heterocycles. The van der Waals surface area contributed by atoms with E-state index < -0.39 is 11.6 Å². The summed E-state index contributed by atoms with van der Waals surface area (Å²) in [5, 5.41) is 7.58. The molecule has 4 nitrogen and oxygen atoms in total. The first-order valence-electron chi connectivity index (χ1n) is 7.61. The first-order valence-corrected chi connectivity index (χ1v) is 7.61. The molecule has 2 fully saturated rings. The smallest absolute Gasteiger partial charge is 0.222 e. The molecule has 0 atom stereocenters. The minimum Gasteiger partial charge on any atom is -0.368 e. The van der Waals surface area contributed by atoms with Crippen molar-refractivity contribution >= 4 is 17.3 Å². The van der Waals surface area contributed by atoms with Gasteiger partial charge >= 0.3 is 0 Å². The Morgan fingerprint density at radius 3 is 2.41 bits per heavy atom. The summed E-state index contributed by atoms with van der Waals surface area (Å²) in [5.74, 6) is -0.938. The Hall–Kier alpha value is -1.98. The van der Waals surface area contributed by atoms with Crippen molar-refractivity contribution in [3.05, 3.63) is 29.3 Å². The van der Waals surface area contributed by atoms with Gasteiger partial charge < -0.3 is 15.2 Å². The number of carbonyl (C=O) groups is 1. The number of amides is 1. The van der Waals surface area contributed by atoms with Crippen LogP contribution in [0.15, 0.2) is 12.1 Å². The van der Waals surface area contributed by atoms with Gasteiger partial charge in [-0.3, -0.25) is 4.79 Å². The van der Waals surface area contributed by atoms with Gasteiger partial charge in [-0.25, -0.2) is 8.78 Å². The van der Waals surface area contributed by atoms with Crippen LogP contribution in [0.1, 0.15) is 31.2 Å². The second kappa shape index (κ2) is 6.02. The van der Waals surface area contributed by atoms with E-state index in [9.17, 15) is 13.6 Å². The standard InChI is InChI=1S/C16H19F2N3O/c17-13-9-15(20-6-3-12(19)4-7-20)14(18)8-11(13)10-21-5-1-2-16(21)22/h8-9,19H,1-7,10H2. The normalized spacial score (nSPS) is 19.2. The Labute approximate surface area is 128 Å². The van der Waals surface area contributed by atoms with Crippen LogP contribution in [0.5, 0.6) is 0 Å². The van der Waals surface area contributed by atoms with Gasteiger partial charge in [-0.1, -0.05) is 0 Å². The first kappa shape index (κ1) is 14.9. The topological polar surface area (TPSA) is 47.4 Å². The first-order chi connectivity index (χ1) is 10.5. The summed E-state index contributed by atoms with van der Waals surface area (Å²) in [6, 6.07) is 2.43. The molecule has 118 valence electrons. The fourth-order valence-electron chi connectivity index (χ4n) is 3.04. The lowest BCUT2D eigenvalue weighted by atomic mass is 10.1. The summed E-state index contributed by atoms with van der Waals surface area (Å²) in [6.45, 7) is 1.82.